The second kappa shape index (κ2) is 13.7. The number of rotatable bonds is 9. The molecule has 1 amide bonds. The van der Waals surface area contributed by atoms with Gasteiger partial charge in [-0.3, -0.25) is 9.59 Å². The number of hydrogen-bond donors (Lipinski definition) is 2. The zero-order valence-corrected chi connectivity index (χ0v) is 26.8. The van der Waals surface area contributed by atoms with Gasteiger partial charge in [-0.2, -0.15) is 13.2 Å². The van der Waals surface area contributed by atoms with Gasteiger partial charge in [-0.15, -0.1) is 0 Å². The van der Waals surface area contributed by atoms with E-state index in [4.69, 9.17) is 10.5 Å². The molecule has 258 valence electrons. The number of carbonyl (C=O) groups is 3. The predicted molar refractivity (Wildman–Crippen MR) is 169 cm³/mol. The molecule has 0 aliphatic carbocycles. The van der Waals surface area contributed by atoms with Crippen molar-refractivity contribution in [2.24, 2.45) is 5.92 Å². The molecule has 1 aromatic heterocycles. The Balaban J connectivity index is 1.63. The Morgan fingerprint density at radius 1 is 1.08 bits per heavy atom. The minimum atomic E-state index is -5.49. The fourth-order valence-corrected chi connectivity index (χ4v) is 6.97. The van der Waals surface area contributed by atoms with Gasteiger partial charge in [0.2, 0.25) is 5.91 Å². The van der Waals surface area contributed by atoms with E-state index in [1.165, 1.54) is 56.6 Å². The van der Waals surface area contributed by atoms with Crippen molar-refractivity contribution in [2.75, 3.05) is 30.5 Å². The first kappa shape index (κ1) is 35.1. The lowest BCUT2D eigenvalue weighted by Gasteiger charge is -2.33. The number of likely N-dealkylation sites (tertiary alicyclic amines) is 1. The molecule has 3 N–H and O–H groups in total. The van der Waals surface area contributed by atoms with E-state index in [0.29, 0.717) is 16.5 Å². The van der Waals surface area contributed by atoms with Crippen LogP contribution in [0.4, 0.5) is 29.1 Å². The highest BCUT2D eigenvalue weighted by Gasteiger charge is 2.49. The van der Waals surface area contributed by atoms with Crippen molar-refractivity contribution in [3.05, 3.63) is 89.9 Å². The van der Waals surface area contributed by atoms with Crippen LogP contribution in [0, 0.1) is 11.7 Å². The molecule has 16 heteroatoms. The van der Waals surface area contributed by atoms with E-state index in [2.05, 4.69) is 15.0 Å². The van der Waals surface area contributed by atoms with Crippen LogP contribution in [0.15, 0.2) is 77.8 Å². The number of hydrogen-bond acceptors (Lipinski definition) is 10. The molecule has 1 aliphatic heterocycles. The van der Waals surface area contributed by atoms with Gasteiger partial charge in [0, 0.05) is 23.8 Å². The minimum Gasteiger partial charge on any atom is -0.494 e. The third-order valence-corrected chi connectivity index (χ3v) is 10.0. The fourth-order valence-electron chi connectivity index (χ4n) is 5.83. The third kappa shape index (κ3) is 7.13. The highest BCUT2D eigenvalue weighted by molar-refractivity contribution is 7.91. The van der Waals surface area contributed by atoms with Crippen molar-refractivity contribution in [1.29, 1.82) is 0 Å². The third-order valence-electron chi connectivity index (χ3n) is 8.22. The summed E-state index contributed by atoms with van der Waals surface area (Å²) < 4.78 is 89.4. The van der Waals surface area contributed by atoms with Gasteiger partial charge in [-0.05, 0) is 65.4 Å². The molecular formula is C33H30F4N4O7S. The summed E-state index contributed by atoms with van der Waals surface area (Å²) in [5.74, 6) is -7.67. The standard InChI is InChI=1S/C33H30F4N4O7S/c1-3-49(45,46)26-7-5-4-6-22(26)28-23(31(43)48-32(44)33(35,36)37)13-15-41(28)30(42)27(19-8-11-24(34)25(17-19)47-2)40-20-9-10-21-18(16-20)12-14-39-29(21)38/h4-12,14,16-17,23,27-28,40H,3,13,15H2,1-2H3,(H2,38,39)/t23?,27-,28?/m0/s1. The molecule has 1 saturated heterocycles. The van der Waals surface area contributed by atoms with E-state index in [9.17, 15) is 40.4 Å². The summed E-state index contributed by atoms with van der Waals surface area (Å²) in [5.41, 5.74) is 6.53. The number of nitrogens with two attached hydrogens (primary N) is 1. The fraction of sp³-hybridized carbons (Fsp3) is 0.273. The number of ether oxygens (including phenoxy) is 2. The summed E-state index contributed by atoms with van der Waals surface area (Å²) in [4.78, 5) is 44.4. The zero-order chi connectivity index (χ0) is 35.7. The predicted octanol–water partition coefficient (Wildman–Crippen LogP) is 5.13. The van der Waals surface area contributed by atoms with Crippen molar-refractivity contribution < 1.29 is 49.8 Å². The first-order chi connectivity index (χ1) is 23.2. The molecule has 1 fully saturated rings. The monoisotopic (exact) mass is 702 g/mol. The molecule has 49 heavy (non-hydrogen) atoms. The average molecular weight is 703 g/mol. The number of nitrogen functional groups attached to an aromatic ring is 1. The Morgan fingerprint density at radius 2 is 1.82 bits per heavy atom. The molecule has 1 aliphatic rings. The zero-order valence-electron chi connectivity index (χ0n) is 26.0. The van der Waals surface area contributed by atoms with Crippen molar-refractivity contribution in [2.45, 2.75) is 36.5 Å². The summed E-state index contributed by atoms with van der Waals surface area (Å²) in [6.45, 7) is 1.13. The van der Waals surface area contributed by atoms with E-state index in [-0.39, 0.29) is 46.3 Å². The highest BCUT2D eigenvalue weighted by atomic mass is 32.2. The van der Waals surface area contributed by atoms with Crippen LogP contribution in [-0.4, -0.2) is 61.7 Å². The molecule has 5 rings (SSSR count). The number of pyridine rings is 1. The van der Waals surface area contributed by atoms with E-state index < -0.39 is 57.7 Å². The number of alkyl halides is 3. The van der Waals surface area contributed by atoms with Crippen LogP contribution in [0.5, 0.6) is 5.75 Å². The summed E-state index contributed by atoms with van der Waals surface area (Å²) in [6, 6.07) is 13.0. The molecule has 0 spiro atoms. The number of nitrogens with one attached hydrogen (secondary N) is 1. The van der Waals surface area contributed by atoms with Crippen molar-refractivity contribution in [1.82, 2.24) is 9.88 Å². The van der Waals surface area contributed by atoms with Crippen molar-refractivity contribution in [3.63, 3.8) is 0 Å². The first-order valence-corrected chi connectivity index (χ1v) is 16.5. The van der Waals surface area contributed by atoms with Gasteiger partial charge >= 0.3 is 18.1 Å². The molecule has 0 radical (unpaired) electrons. The maximum atomic E-state index is 14.7. The van der Waals surface area contributed by atoms with Crippen LogP contribution in [0.3, 0.4) is 0 Å². The molecule has 4 aromatic rings. The molecule has 0 saturated carbocycles. The maximum absolute atomic E-state index is 14.7. The lowest BCUT2D eigenvalue weighted by atomic mass is 9.93. The minimum absolute atomic E-state index is 0.0549. The molecule has 0 bridgehead atoms. The normalized spacial score (nSPS) is 17.1. The molecule has 3 aromatic carbocycles. The van der Waals surface area contributed by atoms with E-state index in [0.717, 1.165) is 11.0 Å². The van der Waals surface area contributed by atoms with Gasteiger partial charge in [0.15, 0.2) is 21.4 Å². The number of anilines is 2. The number of fused-ring (bicyclic) bond motifs is 1. The maximum Gasteiger partial charge on any atom is 0.491 e. The summed E-state index contributed by atoms with van der Waals surface area (Å²) in [6.07, 6.45) is -4.27. The molecule has 2 unspecified atom stereocenters. The number of nitrogens with zero attached hydrogens (tertiary/aromatic N) is 2. The number of aromatic nitrogens is 1. The molecule has 3 atom stereocenters. The van der Waals surface area contributed by atoms with E-state index >= 15 is 0 Å². The van der Waals surface area contributed by atoms with Crippen LogP contribution in [-0.2, 0) is 29.0 Å². The number of amides is 1. The SMILES string of the molecule is CCS(=O)(=O)c1ccccc1C1C(C(=O)OC(=O)C(F)(F)F)CCN1C(=O)[C@@H](Nc1ccc2c(N)nccc2c1)c1ccc(F)c(OC)c1. The van der Waals surface area contributed by atoms with E-state index in [1.54, 1.807) is 24.3 Å². The van der Waals surface area contributed by atoms with Gasteiger partial charge in [0.1, 0.15) is 11.9 Å². The Bertz CT molecular complexity index is 2040. The number of sulfone groups is 1. The second-order valence-corrected chi connectivity index (χ2v) is 13.4. The first-order valence-electron chi connectivity index (χ1n) is 14.9. The van der Waals surface area contributed by atoms with Crippen molar-refractivity contribution in [3.8, 4) is 5.75 Å². The topological polar surface area (TPSA) is 158 Å². The number of methoxy groups -OCH3 is 1. The van der Waals surface area contributed by atoms with E-state index in [1.807, 2.05) is 0 Å². The summed E-state index contributed by atoms with van der Waals surface area (Å²) in [7, 11) is -2.77. The molecule has 2 heterocycles. The largest absolute Gasteiger partial charge is 0.494 e. The average Bonchev–Trinajstić information content (AvgIpc) is 3.52. The van der Waals surface area contributed by atoms with Crippen LogP contribution in [0.25, 0.3) is 10.8 Å². The van der Waals surface area contributed by atoms with Crippen LogP contribution in [0.2, 0.25) is 0 Å². The van der Waals surface area contributed by atoms with Gasteiger partial charge in [-0.1, -0.05) is 31.2 Å². The Hall–Kier alpha value is -5.25. The molecular weight excluding hydrogens is 672 g/mol. The Kier molecular flexibility index (Phi) is 9.80. The summed E-state index contributed by atoms with van der Waals surface area (Å²) >= 11 is 0. The lowest BCUT2D eigenvalue weighted by molar-refractivity contribution is -0.203. The number of esters is 2. The smallest absolute Gasteiger partial charge is 0.491 e. The van der Waals surface area contributed by atoms with Crippen LogP contribution < -0.4 is 15.8 Å². The van der Waals surface area contributed by atoms with Gasteiger partial charge in [-0.25, -0.2) is 22.6 Å². The lowest BCUT2D eigenvalue weighted by Crippen LogP contribution is -2.40. The van der Waals surface area contributed by atoms with Crippen molar-refractivity contribution >= 4 is 50.0 Å². The van der Waals surface area contributed by atoms with Gasteiger partial charge in [0.25, 0.3) is 0 Å². The Labute approximate surface area is 277 Å². The number of benzene rings is 3. The van der Waals surface area contributed by atoms with Gasteiger partial charge < -0.3 is 25.4 Å². The van der Waals surface area contributed by atoms with Gasteiger partial charge in [0.05, 0.1) is 29.7 Å². The highest BCUT2D eigenvalue weighted by Crippen LogP contribution is 2.43. The molecule has 11 nitrogen and oxygen atoms in total. The van der Waals surface area contributed by atoms with Crippen LogP contribution >= 0.6 is 0 Å². The quantitative estimate of drug-likeness (QED) is 0.136. The second-order valence-electron chi connectivity index (χ2n) is 11.1. The van der Waals surface area contributed by atoms with Crippen LogP contribution in [0.1, 0.15) is 36.6 Å². The summed E-state index contributed by atoms with van der Waals surface area (Å²) in [5, 5.41) is 4.40. The number of halogens is 4. The Morgan fingerprint density at radius 3 is 2.51 bits per heavy atom. The number of carbonyl (C=O) groups excluding carboxylic acids is 3.